The molecule has 2 amide bonds. The van der Waals surface area contributed by atoms with Gasteiger partial charge in [0.15, 0.2) is 0 Å². The first-order valence-corrected chi connectivity index (χ1v) is 7.51. The van der Waals surface area contributed by atoms with Crippen LogP contribution in [0.1, 0.15) is 38.1 Å². The Morgan fingerprint density at radius 1 is 1.29 bits per heavy atom. The summed E-state index contributed by atoms with van der Waals surface area (Å²) < 4.78 is 1.87. The third kappa shape index (κ3) is 4.06. The standard InChI is InChI=1S/C15H24N4O2/c1-9(2)8-19-11(4)13(10(3)18-19)17-15(21)14(20)16-7-12-5-6-12/h9,12H,5-8H2,1-4H3,(H,16,20)(H,17,21). The molecule has 0 saturated heterocycles. The van der Waals surface area contributed by atoms with E-state index in [1.807, 2.05) is 18.5 Å². The van der Waals surface area contributed by atoms with Crippen molar-refractivity contribution in [3.8, 4) is 0 Å². The molecule has 2 rings (SSSR count). The fraction of sp³-hybridized carbons (Fsp3) is 0.667. The van der Waals surface area contributed by atoms with E-state index in [0.29, 0.717) is 24.1 Å². The first-order valence-electron chi connectivity index (χ1n) is 7.51. The highest BCUT2D eigenvalue weighted by atomic mass is 16.2. The van der Waals surface area contributed by atoms with Gasteiger partial charge < -0.3 is 10.6 Å². The zero-order valence-electron chi connectivity index (χ0n) is 13.2. The predicted octanol–water partition coefficient (Wildman–Crippen LogP) is 1.62. The number of anilines is 1. The molecule has 0 atom stereocenters. The quantitative estimate of drug-likeness (QED) is 0.810. The maximum atomic E-state index is 11.9. The fourth-order valence-corrected chi connectivity index (χ4v) is 2.21. The van der Waals surface area contributed by atoms with Gasteiger partial charge in [-0.25, -0.2) is 0 Å². The summed E-state index contributed by atoms with van der Waals surface area (Å²) in [4.78, 5) is 23.7. The molecule has 6 nitrogen and oxygen atoms in total. The van der Waals surface area contributed by atoms with Crippen molar-refractivity contribution in [3.05, 3.63) is 11.4 Å². The van der Waals surface area contributed by atoms with Crippen molar-refractivity contribution in [2.24, 2.45) is 11.8 Å². The van der Waals surface area contributed by atoms with E-state index in [1.165, 1.54) is 0 Å². The highest BCUT2D eigenvalue weighted by molar-refractivity contribution is 6.39. The van der Waals surface area contributed by atoms with Gasteiger partial charge in [-0.05, 0) is 38.5 Å². The number of aromatic nitrogens is 2. The van der Waals surface area contributed by atoms with Crippen LogP contribution in [0.4, 0.5) is 5.69 Å². The van der Waals surface area contributed by atoms with Gasteiger partial charge in [0.05, 0.1) is 17.1 Å². The third-order valence-electron chi connectivity index (χ3n) is 3.61. The van der Waals surface area contributed by atoms with Crippen LogP contribution < -0.4 is 10.6 Å². The second kappa shape index (κ2) is 6.28. The molecule has 0 aliphatic heterocycles. The molecule has 0 radical (unpaired) electrons. The Labute approximate surface area is 125 Å². The lowest BCUT2D eigenvalue weighted by Crippen LogP contribution is -2.36. The summed E-state index contributed by atoms with van der Waals surface area (Å²) in [6.07, 6.45) is 2.28. The van der Waals surface area contributed by atoms with Gasteiger partial charge >= 0.3 is 11.8 Å². The number of rotatable bonds is 5. The third-order valence-corrected chi connectivity index (χ3v) is 3.61. The van der Waals surface area contributed by atoms with Crippen LogP contribution in [-0.4, -0.2) is 28.1 Å². The second-order valence-electron chi connectivity index (χ2n) is 6.23. The number of hydrogen-bond donors (Lipinski definition) is 2. The van der Waals surface area contributed by atoms with Crippen molar-refractivity contribution < 1.29 is 9.59 Å². The van der Waals surface area contributed by atoms with E-state index in [-0.39, 0.29) is 0 Å². The number of aryl methyl sites for hydroxylation is 1. The maximum absolute atomic E-state index is 11.9. The zero-order valence-corrected chi connectivity index (χ0v) is 13.2. The van der Waals surface area contributed by atoms with Crippen LogP contribution in [0, 0.1) is 25.7 Å². The molecule has 116 valence electrons. The van der Waals surface area contributed by atoms with E-state index in [4.69, 9.17) is 0 Å². The Balaban J connectivity index is 1.99. The summed E-state index contributed by atoms with van der Waals surface area (Å²) in [5.74, 6) is -0.171. The predicted molar refractivity (Wildman–Crippen MR) is 80.9 cm³/mol. The average molecular weight is 292 g/mol. The van der Waals surface area contributed by atoms with Crippen LogP contribution in [0.5, 0.6) is 0 Å². The minimum Gasteiger partial charge on any atom is -0.348 e. The molecule has 1 saturated carbocycles. The molecule has 1 aliphatic carbocycles. The Morgan fingerprint density at radius 3 is 2.52 bits per heavy atom. The Kier molecular flexibility index (Phi) is 4.65. The van der Waals surface area contributed by atoms with Gasteiger partial charge in [-0.1, -0.05) is 13.8 Å². The molecule has 1 aliphatic rings. The van der Waals surface area contributed by atoms with Crippen LogP contribution in [0.3, 0.4) is 0 Å². The van der Waals surface area contributed by atoms with E-state index in [9.17, 15) is 9.59 Å². The largest absolute Gasteiger partial charge is 0.348 e. The number of nitrogens with one attached hydrogen (secondary N) is 2. The van der Waals surface area contributed by atoms with Crippen molar-refractivity contribution in [1.82, 2.24) is 15.1 Å². The molecular formula is C15H24N4O2. The van der Waals surface area contributed by atoms with Crippen LogP contribution in [0.2, 0.25) is 0 Å². The van der Waals surface area contributed by atoms with Gasteiger partial charge in [0, 0.05) is 13.1 Å². The molecule has 1 aromatic heterocycles. The van der Waals surface area contributed by atoms with E-state index >= 15 is 0 Å². The van der Waals surface area contributed by atoms with Gasteiger partial charge in [0.1, 0.15) is 0 Å². The highest BCUT2D eigenvalue weighted by Crippen LogP contribution is 2.27. The number of nitrogens with zero attached hydrogens (tertiary/aromatic N) is 2. The average Bonchev–Trinajstić information content (AvgIpc) is 3.19. The molecule has 0 bridgehead atoms. The smallest absolute Gasteiger partial charge is 0.313 e. The Bertz CT molecular complexity index is 544. The molecule has 1 fully saturated rings. The van der Waals surface area contributed by atoms with E-state index < -0.39 is 11.8 Å². The highest BCUT2D eigenvalue weighted by Gasteiger charge is 2.24. The molecule has 1 heterocycles. The monoisotopic (exact) mass is 292 g/mol. The van der Waals surface area contributed by atoms with Gasteiger partial charge in [-0.2, -0.15) is 5.10 Å². The first-order chi connectivity index (χ1) is 9.88. The normalized spacial score (nSPS) is 14.3. The van der Waals surface area contributed by atoms with Crippen molar-refractivity contribution in [1.29, 1.82) is 0 Å². The SMILES string of the molecule is Cc1nn(CC(C)C)c(C)c1NC(=O)C(=O)NCC1CC1. The lowest BCUT2D eigenvalue weighted by Gasteiger charge is -2.09. The summed E-state index contributed by atoms with van der Waals surface area (Å²) in [5.41, 5.74) is 2.25. The Hall–Kier alpha value is -1.85. The molecule has 6 heteroatoms. The number of hydrogen-bond acceptors (Lipinski definition) is 3. The van der Waals surface area contributed by atoms with Crippen molar-refractivity contribution >= 4 is 17.5 Å². The lowest BCUT2D eigenvalue weighted by atomic mass is 10.2. The molecule has 2 N–H and O–H groups in total. The molecule has 0 spiro atoms. The summed E-state index contributed by atoms with van der Waals surface area (Å²) in [5, 5.41) is 9.76. The van der Waals surface area contributed by atoms with E-state index in [2.05, 4.69) is 29.6 Å². The maximum Gasteiger partial charge on any atom is 0.313 e. The van der Waals surface area contributed by atoms with E-state index in [0.717, 1.165) is 30.8 Å². The van der Waals surface area contributed by atoms with Crippen molar-refractivity contribution in [2.45, 2.75) is 47.1 Å². The molecule has 1 aromatic rings. The summed E-state index contributed by atoms with van der Waals surface area (Å²) >= 11 is 0. The van der Waals surface area contributed by atoms with Gasteiger partial charge in [0.25, 0.3) is 0 Å². The van der Waals surface area contributed by atoms with Crippen LogP contribution in [0.25, 0.3) is 0 Å². The van der Waals surface area contributed by atoms with Crippen LogP contribution in [-0.2, 0) is 16.1 Å². The number of amides is 2. The first kappa shape index (κ1) is 15.5. The number of carbonyl (C=O) groups is 2. The van der Waals surface area contributed by atoms with Gasteiger partial charge in [-0.3, -0.25) is 14.3 Å². The summed E-state index contributed by atoms with van der Waals surface area (Å²) in [6, 6.07) is 0. The molecule has 0 aromatic carbocycles. The zero-order chi connectivity index (χ0) is 15.6. The number of carbonyl (C=O) groups excluding carboxylic acids is 2. The van der Waals surface area contributed by atoms with Gasteiger partial charge in [0.2, 0.25) is 0 Å². The lowest BCUT2D eigenvalue weighted by molar-refractivity contribution is -0.136. The van der Waals surface area contributed by atoms with Crippen LogP contribution in [0.15, 0.2) is 0 Å². The summed E-state index contributed by atoms with van der Waals surface area (Å²) in [6.45, 7) is 9.34. The van der Waals surface area contributed by atoms with Crippen molar-refractivity contribution in [3.63, 3.8) is 0 Å². The minimum absolute atomic E-state index is 0.466. The fourth-order valence-electron chi connectivity index (χ4n) is 2.21. The molecular weight excluding hydrogens is 268 g/mol. The molecule has 0 unspecified atom stereocenters. The van der Waals surface area contributed by atoms with Crippen LogP contribution >= 0.6 is 0 Å². The van der Waals surface area contributed by atoms with Crippen molar-refractivity contribution in [2.75, 3.05) is 11.9 Å². The molecule has 21 heavy (non-hydrogen) atoms. The second-order valence-corrected chi connectivity index (χ2v) is 6.23. The minimum atomic E-state index is -0.619. The van der Waals surface area contributed by atoms with Gasteiger partial charge in [-0.15, -0.1) is 0 Å². The summed E-state index contributed by atoms with van der Waals surface area (Å²) in [7, 11) is 0. The van der Waals surface area contributed by atoms with E-state index in [1.54, 1.807) is 0 Å². The topological polar surface area (TPSA) is 76.0 Å². The Morgan fingerprint density at radius 2 is 1.95 bits per heavy atom.